The van der Waals surface area contributed by atoms with Crippen LogP contribution in [0.15, 0.2) is 11.5 Å². The highest BCUT2D eigenvalue weighted by atomic mass is 33.1. The van der Waals surface area contributed by atoms with Gasteiger partial charge in [0.25, 0.3) is 0 Å². The van der Waals surface area contributed by atoms with Crippen molar-refractivity contribution in [3.63, 3.8) is 0 Å². The molecule has 11 heavy (non-hydrogen) atoms. The molecule has 0 aliphatic heterocycles. The van der Waals surface area contributed by atoms with Crippen molar-refractivity contribution in [2.24, 2.45) is 0 Å². The third kappa shape index (κ3) is 5.82. The second-order valence-electron chi connectivity index (χ2n) is 2.00. The van der Waals surface area contributed by atoms with Crippen molar-refractivity contribution in [2.75, 3.05) is 6.26 Å². The van der Waals surface area contributed by atoms with Gasteiger partial charge in [-0.25, -0.2) is 0 Å². The molecule has 0 rings (SSSR count). The van der Waals surface area contributed by atoms with Gasteiger partial charge in [0.2, 0.25) is 0 Å². The molecule has 0 amide bonds. The van der Waals surface area contributed by atoms with Crippen molar-refractivity contribution in [1.82, 2.24) is 0 Å². The second-order valence-corrected chi connectivity index (χ2v) is 6.24. The molecule has 0 saturated heterocycles. The zero-order chi connectivity index (χ0) is 8.69. The molecule has 0 aliphatic rings. The summed E-state index contributed by atoms with van der Waals surface area (Å²) < 4.78 is 11.3. The van der Waals surface area contributed by atoms with Crippen molar-refractivity contribution in [3.8, 4) is 0 Å². The van der Waals surface area contributed by atoms with Gasteiger partial charge in [0.1, 0.15) is 0 Å². The smallest absolute Gasteiger partial charge is 0.0902 e. The molecule has 2 unspecified atom stereocenters. The van der Waals surface area contributed by atoms with Crippen LogP contribution in [-0.2, 0) is 10.8 Å². The largest absolute Gasteiger partial charge is 0.259 e. The van der Waals surface area contributed by atoms with Crippen LogP contribution in [0.25, 0.3) is 0 Å². The summed E-state index contributed by atoms with van der Waals surface area (Å²) in [6.45, 7) is 4.05. The molecular formula is C7H14OS3. The van der Waals surface area contributed by atoms with Crippen molar-refractivity contribution in [3.05, 3.63) is 11.5 Å². The van der Waals surface area contributed by atoms with Gasteiger partial charge in [-0.1, -0.05) is 34.6 Å². The predicted molar refractivity (Wildman–Crippen MR) is 58.1 cm³/mol. The Morgan fingerprint density at radius 3 is 2.64 bits per heavy atom. The minimum atomic E-state index is -0.699. The lowest BCUT2D eigenvalue weighted by atomic mass is 10.6. The minimum absolute atomic E-state index is 0.274. The molecule has 0 N–H and O–H groups in total. The van der Waals surface area contributed by atoms with Crippen LogP contribution < -0.4 is 0 Å². The maximum atomic E-state index is 11.0. The molecule has 0 aromatic rings. The lowest BCUT2D eigenvalue weighted by Gasteiger charge is -2.07. The fourth-order valence-electron chi connectivity index (χ4n) is 0.508. The van der Waals surface area contributed by atoms with E-state index < -0.39 is 10.8 Å². The van der Waals surface area contributed by atoms with E-state index in [1.165, 1.54) is 0 Å². The Morgan fingerprint density at radius 1 is 1.64 bits per heavy atom. The summed E-state index contributed by atoms with van der Waals surface area (Å²) in [5, 5.41) is 2.01. The third-order valence-electron chi connectivity index (χ3n) is 1.06. The van der Waals surface area contributed by atoms with E-state index in [0.717, 1.165) is 6.42 Å². The molecule has 66 valence electrons. The van der Waals surface area contributed by atoms with Crippen LogP contribution >= 0.6 is 21.6 Å². The van der Waals surface area contributed by atoms with E-state index in [0.29, 0.717) is 0 Å². The number of allylic oxidation sites excluding steroid dienone is 1. The summed E-state index contributed by atoms with van der Waals surface area (Å²) in [5.41, 5.74) is 0. The van der Waals surface area contributed by atoms with Gasteiger partial charge in [-0.15, -0.1) is 0 Å². The summed E-state index contributed by atoms with van der Waals surface area (Å²) in [6.07, 6.45) is 4.72. The molecule has 0 saturated carbocycles. The number of hydrogen-bond donors (Lipinski definition) is 0. The van der Waals surface area contributed by atoms with E-state index in [-0.39, 0.29) is 4.58 Å². The Kier molecular flexibility index (Phi) is 7.64. The SMILES string of the molecule is C/C=C/SSC(CC)S(C)=O. The molecule has 0 aromatic heterocycles. The molecule has 0 heterocycles. The third-order valence-corrected chi connectivity index (χ3v) is 6.00. The van der Waals surface area contributed by atoms with Crippen LogP contribution in [0.1, 0.15) is 20.3 Å². The van der Waals surface area contributed by atoms with Gasteiger partial charge in [0.15, 0.2) is 0 Å². The Hall–Kier alpha value is 0.590. The molecule has 1 nitrogen and oxygen atoms in total. The van der Waals surface area contributed by atoms with E-state index in [9.17, 15) is 4.21 Å². The van der Waals surface area contributed by atoms with Crippen LogP contribution in [0.4, 0.5) is 0 Å². The van der Waals surface area contributed by atoms with E-state index in [4.69, 9.17) is 0 Å². The summed E-state index contributed by atoms with van der Waals surface area (Å²) in [4.78, 5) is 0. The van der Waals surface area contributed by atoms with E-state index in [1.54, 1.807) is 27.8 Å². The molecule has 0 bridgehead atoms. The number of rotatable bonds is 5. The van der Waals surface area contributed by atoms with E-state index in [2.05, 4.69) is 6.92 Å². The highest BCUT2D eigenvalue weighted by Crippen LogP contribution is 2.30. The van der Waals surface area contributed by atoms with Gasteiger partial charge in [-0.2, -0.15) is 0 Å². The lowest BCUT2D eigenvalue weighted by Crippen LogP contribution is -2.05. The van der Waals surface area contributed by atoms with Crippen molar-refractivity contribution >= 4 is 32.4 Å². The zero-order valence-corrected chi connectivity index (χ0v) is 9.52. The quantitative estimate of drug-likeness (QED) is 0.649. The molecule has 0 spiro atoms. The van der Waals surface area contributed by atoms with Crippen molar-refractivity contribution in [2.45, 2.75) is 24.9 Å². The molecule has 0 fully saturated rings. The van der Waals surface area contributed by atoms with Crippen molar-refractivity contribution in [1.29, 1.82) is 0 Å². The second kappa shape index (κ2) is 7.25. The van der Waals surface area contributed by atoms with Gasteiger partial charge >= 0.3 is 0 Å². The first kappa shape index (κ1) is 11.6. The Labute approximate surface area is 79.3 Å². The topological polar surface area (TPSA) is 17.1 Å². The average Bonchev–Trinajstić information content (AvgIpc) is 1.97. The van der Waals surface area contributed by atoms with Crippen LogP contribution in [0.2, 0.25) is 0 Å². The highest BCUT2D eigenvalue weighted by molar-refractivity contribution is 8.79. The zero-order valence-electron chi connectivity index (χ0n) is 7.07. The first-order chi connectivity index (χ1) is 5.22. The monoisotopic (exact) mass is 210 g/mol. The maximum Gasteiger partial charge on any atom is 0.0902 e. The first-order valence-corrected chi connectivity index (χ1v) is 7.37. The molecule has 4 heteroatoms. The molecule has 0 aromatic carbocycles. The van der Waals surface area contributed by atoms with Gasteiger partial charge in [0, 0.05) is 17.1 Å². The van der Waals surface area contributed by atoms with Crippen LogP contribution in [-0.4, -0.2) is 15.0 Å². The molecular weight excluding hydrogens is 196 g/mol. The first-order valence-electron chi connectivity index (χ1n) is 3.47. The van der Waals surface area contributed by atoms with Gasteiger partial charge in [0.05, 0.1) is 4.58 Å². The van der Waals surface area contributed by atoms with Crippen LogP contribution in [0.3, 0.4) is 0 Å². The standard InChI is InChI=1S/C7H14OS3/c1-4-6-9-10-7(5-2)11(3)8/h4,6-7H,5H2,1-3H3/b6-4+. The van der Waals surface area contributed by atoms with Crippen LogP contribution in [0.5, 0.6) is 0 Å². The van der Waals surface area contributed by atoms with Crippen molar-refractivity contribution < 1.29 is 4.21 Å². The number of hydrogen-bond acceptors (Lipinski definition) is 3. The average molecular weight is 210 g/mol. The highest BCUT2D eigenvalue weighted by Gasteiger charge is 2.09. The minimum Gasteiger partial charge on any atom is -0.259 e. The van der Waals surface area contributed by atoms with Gasteiger partial charge in [-0.05, 0) is 18.8 Å². The summed E-state index contributed by atoms with van der Waals surface area (Å²) in [6, 6.07) is 0. The Morgan fingerprint density at radius 2 is 2.27 bits per heavy atom. The molecule has 0 radical (unpaired) electrons. The maximum absolute atomic E-state index is 11.0. The Balaban J connectivity index is 3.61. The lowest BCUT2D eigenvalue weighted by molar-refractivity contribution is 0.683. The van der Waals surface area contributed by atoms with Gasteiger partial charge in [-0.3, -0.25) is 4.21 Å². The summed E-state index contributed by atoms with van der Waals surface area (Å²) >= 11 is 0. The van der Waals surface area contributed by atoms with Crippen LogP contribution in [0, 0.1) is 0 Å². The molecule has 0 aliphatic carbocycles. The summed E-state index contributed by atoms with van der Waals surface area (Å²) in [5.74, 6) is 0. The van der Waals surface area contributed by atoms with E-state index in [1.807, 2.05) is 18.4 Å². The van der Waals surface area contributed by atoms with E-state index >= 15 is 0 Å². The summed E-state index contributed by atoms with van der Waals surface area (Å²) in [7, 11) is 2.64. The Bertz CT molecular complexity index is 145. The predicted octanol–water partition coefficient (Wildman–Crippen LogP) is 3.02. The fourth-order valence-corrected chi connectivity index (χ4v) is 4.56. The fraction of sp³-hybridized carbons (Fsp3) is 0.714. The molecule has 2 atom stereocenters. The normalized spacial score (nSPS) is 17.0. The van der Waals surface area contributed by atoms with Gasteiger partial charge < -0.3 is 0 Å².